The van der Waals surface area contributed by atoms with Crippen LogP contribution in [-0.4, -0.2) is 59.5 Å². The molecule has 0 aliphatic heterocycles. The van der Waals surface area contributed by atoms with Crippen molar-refractivity contribution in [2.24, 2.45) is 7.05 Å². The number of nitrogens with one attached hydrogen (secondary N) is 1. The molecule has 0 saturated heterocycles. The standard InChI is InChI=1S/C19H14F2N2O3.C14H13F3O3S2.C7H10N2/c1-3-26-19(25)16-17(24)10-8-11(20)12(21)9-15(10)23-14-7-5-4-6-13(14)22(2)18(16)23;1-4-20-13(19)11(14(21-2)22-3)12(18)7-5-9(16)10(17)6-8(7)15;1-9-7-5-3-2-4-6(7)8/h4-9H,3H2,1-2H3;5-6H,4H2,1-3H3;2-5,9H,8H2,1H3. The van der Waals surface area contributed by atoms with Crippen molar-refractivity contribution in [1.29, 1.82) is 0 Å². The van der Waals surface area contributed by atoms with Crippen molar-refractivity contribution in [1.82, 2.24) is 8.97 Å². The topological polar surface area (TPSA) is 134 Å². The van der Waals surface area contributed by atoms with E-state index in [0.29, 0.717) is 15.8 Å². The van der Waals surface area contributed by atoms with Gasteiger partial charge in [-0.25, -0.2) is 31.5 Å². The summed E-state index contributed by atoms with van der Waals surface area (Å²) in [6.45, 7) is 3.29. The number of pyridine rings is 1. The first-order chi connectivity index (χ1) is 27.2. The van der Waals surface area contributed by atoms with Crippen LogP contribution >= 0.6 is 23.5 Å². The number of aromatic nitrogens is 2. The van der Waals surface area contributed by atoms with E-state index in [1.54, 1.807) is 54.5 Å². The van der Waals surface area contributed by atoms with Crippen molar-refractivity contribution < 1.29 is 45.8 Å². The number of rotatable bonds is 9. The van der Waals surface area contributed by atoms with Crippen LogP contribution in [0.1, 0.15) is 34.6 Å². The maximum Gasteiger partial charge on any atom is 0.345 e. The van der Waals surface area contributed by atoms with Crippen LogP contribution in [-0.2, 0) is 21.3 Å². The molecule has 0 unspecified atom stereocenters. The van der Waals surface area contributed by atoms with E-state index in [1.165, 1.54) is 0 Å². The quantitative estimate of drug-likeness (QED) is 0.0214. The van der Waals surface area contributed by atoms with Crippen molar-refractivity contribution in [3.05, 3.63) is 133 Å². The number of ketones is 1. The Bertz CT molecular complexity index is 2590. The smallest absolute Gasteiger partial charge is 0.345 e. The van der Waals surface area contributed by atoms with Crippen LogP contribution in [0.4, 0.5) is 33.3 Å². The minimum atomic E-state index is -1.41. The molecule has 0 bridgehead atoms. The summed E-state index contributed by atoms with van der Waals surface area (Å²) in [5, 5.41) is 2.89. The Morgan fingerprint density at radius 1 is 0.754 bits per heavy atom. The molecule has 0 aliphatic rings. The molecule has 6 aromatic rings. The van der Waals surface area contributed by atoms with Crippen molar-refractivity contribution in [2.75, 3.05) is 43.8 Å². The molecular weight excluding hydrogens is 792 g/mol. The zero-order valence-corrected chi connectivity index (χ0v) is 33.1. The van der Waals surface area contributed by atoms with Crippen molar-refractivity contribution in [2.45, 2.75) is 13.8 Å². The van der Waals surface area contributed by atoms with Gasteiger partial charge in [-0.15, -0.1) is 23.5 Å². The molecule has 17 heteroatoms. The molecule has 2 heterocycles. The average Bonchev–Trinajstić information content (AvgIpc) is 3.48. The third-order valence-electron chi connectivity index (χ3n) is 8.23. The Morgan fingerprint density at radius 2 is 1.32 bits per heavy atom. The van der Waals surface area contributed by atoms with Crippen LogP contribution in [0, 0.1) is 29.1 Å². The van der Waals surface area contributed by atoms with Gasteiger partial charge in [-0.3, -0.25) is 14.0 Å². The molecule has 0 fully saturated rings. The number of carbonyl (C=O) groups is 3. The zero-order chi connectivity index (χ0) is 42.1. The van der Waals surface area contributed by atoms with Gasteiger partial charge in [0.1, 0.15) is 22.6 Å². The molecule has 4 aromatic carbocycles. The van der Waals surface area contributed by atoms with Gasteiger partial charge in [0.05, 0.1) is 56.3 Å². The summed E-state index contributed by atoms with van der Waals surface area (Å²) in [5.41, 5.74) is 7.18. The molecule has 10 nitrogen and oxygen atoms in total. The average molecular weight is 829 g/mol. The Labute approximate surface area is 331 Å². The summed E-state index contributed by atoms with van der Waals surface area (Å²) in [5.74, 6) is -9.02. The largest absolute Gasteiger partial charge is 0.462 e. The normalized spacial score (nSPS) is 10.6. The van der Waals surface area contributed by atoms with Gasteiger partial charge in [0, 0.05) is 26.2 Å². The Balaban J connectivity index is 0.000000210. The second-order valence-electron chi connectivity index (χ2n) is 11.6. The molecule has 0 atom stereocenters. The van der Waals surface area contributed by atoms with E-state index >= 15 is 0 Å². The lowest BCUT2D eigenvalue weighted by molar-refractivity contribution is -0.138. The van der Waals surface area contributed by atoms with Crippen LogP contribution in [0.2, 0.25) is 0 Å². The van der Waals surface area contributed by atoms with Gasteiger partial charge < -0.3 is 25.1 Å². The molecule has 3 N–H and O–H groups in total. The molecular formula is C40H37F5N4O6S2. The highest BCUT2D eigenvalue weighted by Gasteiger charge is 2.29. The number of hydrogen-bond acceptors (Lipinski definition) is 10. The molecule has 2 aromatic heterocycles. The summed E-state index contributed by atoms with van der Waals surface area (Å²) < 4.78 is 81.0. The fourth-order valence-corrected chi connectivity index (χ4v) is 7.11. The van der Waals surface area contributed by atoms with E-state index in [4.69, 9.17) is 15.2 Å². The summed E-state index contributed by atoms with van der Waals surface area (Å²) >= 11 is 2.20. The molecule has 0 spiro atoms. The zero-order valence-electron chi connectivity index (χ0n) is 31.5. The first kappa shape index (κ1) is 43.9. The van der Waals surface area contributed by atoms with Gasteiger partial charge in [-0.05, 0) is 62.8 Å². The predicted molar refractivity (Wildman–Crippen MR) is 215 cm³/mol. The Morgan fingerprint density at radius 3 is 1.89 bits per heavy atom. The highest BCUT2D eigenvalue weighted by molar-refractivity contribution is 8.21. The van der Waals surface area contributed by atoms with Gasteiger partial charge >= 0.3 is 11.9 Å². The van der Waals surface area contributed by atoms with Crippen LogP contribution in [0.15, 0.2) is 87.4 Å². The number of nitrogen functional groups attached to an aromatic ring is 1. The second-order valence-corrected chi connectivity index (χ2v) is 13.5. The number of thioether (sulfide) groups is 2. The highest BCUT2D eigenvalue weighted by atomic mass is 32.2. The molecule has 0 amide bonds. The maximum atomic E-state index is 13.9. The van der Waals surface area contributed by atoms with Gasteiger partial charge in [0.25, 0.3) is 0 Å². The molecule has 0 radical (unpaired) electrons. The van der Waals surface area contributed by atoms with Crippen molar-refractivity contribution in [3.63, 3.8) is 0 Å². The van der Waals surface area contributed by atoms with E-state index in [9.17, 15) is 41.1 Å². The number of esters is 2. The van der Waals surface area contributed by atoms with Gasteiger partial charge in [0.2, 0.25) is 11.2 Å². The first-order valence-corrected chi connectivity index (χ1v) is 19.4. The van der Waals surface area contributed by atoms with E-state index in [2.05, 4.69) is 5.32 Å². The minimum absolute atomic E-state index is 0.0198. The first-order valence-electron chi connectivity index (χ1n) is 17.0. The fraction of sp³-hybridized carbons (Fsp3) is 0.200. The molecule has 6 rings (SSSR count). The lowest BCUT2D eigenvalue weighted by Gasteiger charge is -2.11. The van der Waals surface area contributed by atoms with Crippen molar-refractivity contribution in [3.8, 4) is 0 Å². The Hall–Kier alpha value is -5.81. The maximum absolute atomic E-state index is 13.9. The number of imidazole rings is 1. The second kappa shape index (κ2) is 19.4. The van der Waals surface area contributed by atoms with Gasteiger partial charge in [-0.1, -0.05) is 24.3 Å². The summed E-state index contributed by atoms with van der Waals surface area (Å²) in [4.78, 5) is 49.8. The molecule has 0 saturated carbocycles. The number of carbonyl (C=O) groups excluding carboxylic acids is 3. The Kier molecular flexibility index (Phi) is 14.9. The number of halogens is 5. The van der Waals surface area contributed by atoms with Crippen LogP contribution < -0.4 is 16.5 Å². The lowest BCUT2D eigenvalue weighted by Crippen LogP contribution is -2.21. The minimum Gasteiger partial charge on any atom is -0.462 e. The number of fused-ring (bicyclic) bond motifs is 5. The summed E-state index contributed by atoms with van der Waals surface area (Å²) in [7, 11) is 3.55. The van der Waals surface area contributed by atoms with Crippen LogP contribution in [0.5, 0.6) is 0 Å². The van der Waals surface area contributed by atoms with Gasteiger partial charge in [-0.2, -0.15) is 0 Å². The fourth-order valence-electron chi connectivity index (χ4n) is 5.68. The number of Topliss-reactive ketones (excluding diaryl/α,β-unsaturated/α-hetero) is 1. The number of ether oxygens (including phenoxy) is 2. The van der Waals surface area contributed by atoms with E-state index in [-0.39, 0.29) is 41.4 Å². The number of anilines is 2. The molecule has 300 valence electrons. The highest BCUT2D eigenvalue weighted by Crippen LogP contribution is 2.31. The monoisotopic (exact) mass is 828 g/mol. The van der Waals surface area contributed by atoms with E-state index < -0.39 is 63.4 Å². The van der Waals surface area contributed by atoms with Crippen molar-refractivity contribution >= 4 is 80.2 Å². The van der Waals surface area contributed by atoms with Crippen LogP contribution in [0.3, 0.4) is 0 Å². The number of benzene rings is 4. The van der Waals surface area contributed by atoms with E-state index in [0.717, 1.165) is 52.5 Å². The number of nitrogens with two attached hydrogens (primary N) is 1. The number of para-hydroxylation sites is 4. The molecule has 0 aliphatic carbocycles. The van der Waals surface area contributed by atoms with Gasteiger partial charge in [0.15, 0.2) is 23.3 Å². The number of hydrogen-bond donors (Lipinski definition) is 2. The van der Waals surface area contributed by atoms with E-state index in [1.807, 2.05) is 43.4 Å². The third kappa shape index (κ3) is 9.26. The molecule has 57 heavy (non-hydrogen) atoms. The van der Waals surface area contributed by atoms with Crippen LogP contribution in [0.25, 0.3) is 27.6 Å². The summed E-state index contributed by atoms with van der Waals surface area (Å²) in [6.07, 6.45) is 3.25. The lowest BCUT2D eigenvalue weighted by atomic mass is 10.0. The number of nitrogens with zero attached hydrogens (tertiary/aromatic N) is 2. The summed E-state index contributed by atoms with van der Waals surface area (Å²) in [6, 6.07) is 17.4. The predicted octanol–water partition coefficient (Wildman–Crippen LogP) is 8.50. The number of aryl methyl sites for hydroxylation is 1. The third-order valence-corrected chi connectivity index (χ3v) is 10.4. The SMILES string of the molecule is CCOC(=O)C(C(=O)c1cc(F)c(F)cc1F)=C(SC)SC.CCOC(=O)c1c(=O)c2cc(F)c(F)cc2n2c3ccccc3n(C)c12.CNc1ccccc1N.